The first-order valence-electron chi connectivity index (χ1n) is 5.47. The summed E-state index contributed by atoms with van der Waals surface area (Å²) < 4.78 is 0. The Morgan fingerprint density at radius 1 is 0.923 bits per heavy atom. The zero-order chi connectivity index (χ0) is 10.3. The van der Waals surface area contributed by atoms with Crippen molar-refractivity contribution in [1.29, 1.82) is 0 Å². The normalized spacial score (nSPS) is 18.2. The summed E-state index contributed by atoms with van der Waals surface area (Å²) in [5.74, 6) is 0.520. The lowest BCUT2D eigenvalue weighted by Crippen LogP contribution is -2.27. The highest BCUT2D eigenvalue weighted by atomic mass is 16.3. The second kappa shape index (κ2) is 7.34. The fourth-order valence-electron chi connectivity index (χ4n) is 1.67. The number of hydrogen-bond donors (Lipinski definition) is 2. The smallest absolute Gasteiger partial charge is 0.0801 e. The van der Waals surface area contributed by atoms with Gasteiger partial charge in [0.1, 0.15) is 0 Å². The fourth-order valence-corrected chi connectivity index (χ4v) is 1.67. The van der Waals surface area contributed by atoms with E-state index in [9.17, 15) is 10.2 Å². The third-order valence-corrected chi connectivity index (χ3v) is 2.45. The molecule has 2 N–H and O–H groups in total. The molecule has 0 aromatic carbocycles. The van der Waals surface area contributed by atoms with E-state index in [2.05, 4.69) is 13.8 Å². The average molecular weight is 188 g/mol. The minimum atomic E-state index is -0.526. The first-order valence-corrected chi connectivity index (χ1v) is 5.47. The number of aliphatic hydroxyl groups excluding tert-OH is 2. The standard InChI is InChI=1S/C11H24O2/c1-4-6-9(3)8-11(13)10(12)7-5-2/h9-13H,4-8H2,1-3H3. The van der Waals surface area contributed by atoms with Crippen LogP contribution in [0.3, 0.4) is 0 Å². The number of hydrogen-bond acceptors (Lipinski definition) is 2. The van der Waals surface area contributed by atoms with Crippen LogP contribution in [0.25, 0.3) is 0 Å². The van der Waals surface area contributed by atoms with Crippen LogP contribution in [0.15, 0.2) is 0 Å². The molecule has 0 saturated heterocycles. The molecule has 0 fully saturated rings. The van der Waals surface area contributed by atoms with Crippen molar-refractivity contribution in [2.75, 3.05) is 0 Å². The van der Waals surface area contributed by atoms with E-state index in [0.717, 1.165) is 25.7 Å². The molecule has 0 rings (SSSR count). The summed E-state index contributed by atoms with van der Waals surface area (Å²) >= 11 is 0. The molecule has 0 aromatic heterocycles. The predicted octanol–water partition coefficient (Wildman–Crippen LogP) is 2.33. The molecule has 3 atom stereocenters. The molecule has 0 aliphatic carbocycles. The Hall–Kier alpha value is -0.0800. The Morgan fingerprint density at radius 3 is 1.92 bits per heavy atom. The molecule has 3 unspecified atom stereocenters. The van der Waals surface area contributed by atoms with E-state index in [1.54, 1.807) is 0 Å². The molecule has 0 aliphatic rings. The van der Waals surface area contributed by atoms with Crippen molar-refractivity contribution in [2.24, 2.45) is 5.92 Å². The maximum absolute atomic E-state index is 9.60. The average Bonchev–Trinajstić information content (AvgIpc) is 2.05. The van der Waals surface area contributed by atoms with Crippen LogP contribution in [0.1, 0.15) is 52.9 Å². The lowest BCUT2D eigenvalue weighted by molar-refractivity contribution is 0.000903. The van der Waals surface area contributed by atoms with Gasteiger partial charge < -0.3 is 10.2 Å². The lowest BCUT2D eigenvalue weighted by atomic mass is 9.95. The Balaban J connectivity index is 3.64. The van der Waals surface area contributed by atoms with Gasteiger partial charge in [-0.2, -0.15) is 0 Å². The van der Waals surface area contributed by atoms with Gasteiger partial charge in [-0.3, -0.25) is 0 Å². The molecule has 0 aliphatic heterocycles. The monoisotopic (exact) mass is 188 g/mol. The molecule has 2 heteroatoms. The Kier molecular flexibility index (Phi) is 7.29. The largest absolute Gasteiger partial charge is 0.390 e. The van der Waals surface area contributed by atoms with E-state index in [4.69, 9.17) is 0 Å². The molecule has 0 radical (unpaired) electrons. The summed E-state index contributed by atoms with van der Waals surface area (Å²) in [6.45, 7) is 6.29. The van der Waals surface area contributed by atoms with Gasteiger partial charge in [0.2, 0.25) is 0 Å². The van der Waals surface area contributed by atoms with Crippen molar-refractivity contribution in [3.05, 3.63) is 0 Å². The minimum absolute atomic E-state index is 0.520. The highest BCUT2D eigenvalue weighted by Crippen LogP contribution is 2.16. The van der Waals surface area contributed by atoms with Crippen LogP contribution in [-0.4, -0.2) is 22.4 Å². The van der Waals surface area contributed by atoms with E-state index < -0.39 is 12.2 Å². The SMILES string of the molecule is CCCC(C)CC(O)C(O)CCC. The summed E-state index contributed by atoms with van der Waals surface area (Å²) in [6.07, 6.45) is 3.61. The molecule has 2 nitrogen and oxygen atoms in total. The maximum Gasteiger partial charge on any atom is 0.0801 e. The second-order valence-corrected chi connectivity index (χ2v) is 4.05. The van der Waals surface area contributed by atoms with Gasteiger partial charge in [0, 0.05) is 0 Å². The molecule has 0 amide bonds. The zero-order valence-electron chi connectivity index (χ0n) is 9.16. The fraction of sp³-hybridized carbons (Fsp3) is 1.00. The lowest BCUT2D eigenvalue weighted by Gasteiger charge is -2.20. The zero-order valence-corrected chi connectivity index (χ0v) is 9.16. The van der Waals surface area contributed by atoms with Gasteiger partial charge in [0.15, 0.2) is 0 Å². The molecule has 80 valence electrons. The number of aliphatic hydroxyl groups is 2. The van der Waals surface area contributed by atoms with Crippen molar-refractivity contribution in [3.63, 3.8) is 0 Å². The van der Waals surface area contributed by atoms with Gasteiger partial charge in [-0.05, 0) is 18.8 Å². The quantitative estimate of drug-likeness (QED) is 0.644. The van der Waals surface area contributed by atoms with Gasteiger partial charge in [0.25, 0.3) is 0 Å². The van der Waals surface area contributed by atoms with E-state index in [0.29, 0.717) is 12.3 Å². The maximum atomic E-state index is 9.60. The van der Waals surface area contributed by atoms with Gasteiger partial charge in [-0.1, -0.05) is 40.0 Å². The highest BCUT2D eigenvalue weighted by molar-refractivity contribution is 4.69. The first-order chi connectivity index (χ1) is 6.11. The van der Waals surface area contributed by atoms with Crippen LogP contribution in [-0.2, 0) is 0 Å². The van der Waals surface area contributed by atoms with E-state index >= 15 is 0 Å². The van der Waals surface area contributed by atoms with Gasteiger partial charge in [-0.25, -0.2) is 0 Å². The third kappa shape index (κ3) is 6.05. The van der Waals surface area contributed by atoms with Crippen molar-refractivity contribution >= 4 is 0 Å². The Morgan fingerprint density at radius 2 is 1.46 bits per heavy atom. The van der Waals surface area contributed by atoms with Crippen LogP contribution in [0.2, 0.25) is 0 Å². The molecular weight excluding hydrogens is 164 g/mol. The Bertz CT molecular complexity index is 115. The van der Waals surface area contributed by atoms with E-state index in [-0.39, 0.29) is 0 Å². The molecule has 0 bridgehead atoms. The second-order valence-electron chi connectivity index (χ2n) is 4.05. The Labute approximate surface area is 82.0 Å². The molecule has 0 spiro atoms. The van der Waals surface area contributed by atoms with Crippen molar-refractivity contribution in [3.8, 4) is 0 Å². The van der Waals surface area contributed by atoms with Crippen molar-refractivity contribution < 1.29 is 10.2 Å². The van der Waals surface area contributed by atoms with Crippen LogP contribution in [0.5, 0.6) is 0 Å². The summed E-state index contributed by atoms with van der Waals surface area (Å²) in [4.78, 5) is 0. The molecule has 0 aromatic rings. The van der Waals surface area contributed by atoms with Crippen molar-refractivity contribution in [2.45, 2.75) is 65.1 Å². The van der Waals surface area contributed by atoms with Gasteiger partial charge in [0.05, 0.1) is 12.2 Å². The third-order valence-electron chi connectivity index (χ3n) is 2.45. The van der Waals surface area contributed by atoms with Crippen molar-refractivity contribution in [1.82, 2.24) is 0 Å². The molecule has 0 heterocycles. The van der Waals surface area contributed by atoms with Crippen LogP contribution >= 0.6 is 0 Å². The van der Waals surface area contributed by atoms with Gasteiger partial charge in [-0.15, -0.1) is 0 Å². The molecular formula is C11H24O2. The van der Waals surface area contributed by atoms with Crippen LogP contribution in [0.4, 0.5) is 0 Å². The van der Waals surface area contributed by atoms with Crippen LogP contribution < -0.4 is 0 Å². The summed E-state index contributed by atoms with van der Waals surface area (Å²) in [5, 5.41) is 19.1. The molecule has 0 saturated carbocycles. The highest BCUT2D eigenvalue weighted by Gasteiger charge is 2.17. The minimum Gasteiger partial charge on any atom is -0.390 e. The van der Waals surface area contributed by atoms with E-state index in [1.807, 2.05) is 6.92 Å². The van der Waals surface area contributed by atoms with Gasteiger partial charge >= 0.3 is 0 Å². The predicted molar refractivity (Wildman–Crippen MR) is 55.6 cm³/mol. The molecule has 13 heavy (non-hydrogen) atoms. The topological polar surface area (TPSA) is 40.5 Å². The summed E-state index contributed by atoms with van der Waals surface area (Å²) in [5.41, 5.74) is 0. The summed E-state index contributed by atoms with van der Waals surface area (Å²) in [7, 11) is 0. The van der Waals surface area contributed by atoms with Crippen LogP contribution in [0, 0.1) is 5.92 Å². The summed E-state index contributed by atoms with van der Waals surface area (Å²) in [6, 6.07) is 0. The van der Waals surface area contributed by atoms with E-state index in [1.165, 1.54) is 0 Å². The first kappa shape index (κ1) is 12.9. The number of rotatable bonds is 7.